The predicted octanol–water partition coefficient (Wildman–Crippen LogP) is 4.34. The first kappa shape index (κ1) is 10.0. The lowest BCUT2D eigenvalue weighted by atomic mass is 10.1. The van der Waals surface area contributed by atoms with Crippen LogP contribution in [0.4, 0.5) is 0 Å². The SMILES string of the molecule is C/C1=C/[C@@H]2[C@@H](CC/C=C/CC1)C2(C)C. The van der Waals surface area contributed by atoms with Gasteiger partial charge in [-0.25, -0.2) is 0 Å². The Bertz CT molecular complexity index is 268. The molecule has 14 heavy (non-hydrogen) atoms. The minimum absolute atomic E-state index is 0.583. The molecule has 0 aromatic heterocycles. The van der Waals surface area contributed by atoms with Crippen LogP contribution in [0.15, 0.2) is 23.8 Å². The summed E-state index contributed by atoms with van der Waals surface area (Å²) in [4.78, 5) is 0. The molecule has 0 spiro atoms. The molecule has 0 bridgehead atoms. The van der Waals surface area contributed by atoms with E-state index in [0.717, 1.165) is 11.8 Å². The molecule has 2 atom stereocenters. The Morgan fingerprint density at radius 3 is 2.71 bits per heavy atom. The predicted molar refractivity (Wildman–Crippen MR) is 62.1 cm³/mol. The van der Waals surface area contributed by atoms with Crippen molar-refractivity contribution in [3.63, 3.8) is 0 Å². The molecule has 0 radical (unpaired) electrons. The van der Waals surface area contributed by atoms with Crippen molar-refractivity contribution in [3.05, 3.63) is 23.8 Å². The number of hydrogen-bond acceptors (Lipinski definition) is 0. The second-order valence-electron chi connectivity index (χ2n) is 5.55. The summed E-state index contributed by atoms with van der Waals surface area (Å²) in [5.74, 6) is 1.81. The number of fused-ring (bicyclic) bond motifs is 1. The fourth-order valence-electron chi connectivity index (χ4n) is 2.88. The molecule has 0 unspecified atom stereocenters. The highest BCUT2D eigenvalue weighted by atomic mass is 14.6. The van der Waals surface area contributed by atoms with Crippen molar-refractivity contribution < 1.29 is 0 Å². The van der Waals surface area contributed by atoms with Crippen LogP contribution in [0.25, 0.3) is 0 Å². The molecule has 1 fully saturated rings. The van der Waals surface area contributed by atoms with Gasteiger partial charge >= 0.3 is 0 Å². The van der Waals surface area contributed by atoms with Crippen LogP contribution in [0.3, 0.4) is 0 Å². The van der Waals surface area contributed by atoms with Crippen LogP contribution in [0.5, 0.6) is 0 Å². The summed E-state index contributed by atoms with van der Waals surface area (Å²) in [6.07, 6.45) is 12.5. The Labute approximate surface area is 88.1 Å². The van der Waals surface area contributed by atoms with Gasteiger partial charge in [0.15, 0.2) is 0 Å². The second kappa shape index (κ2) is 3.56. The van der Waals surface area contributed by atoms with Crippen molar-refractivity contribution in [2.24, 2.45) is 17.3 Å². The van der Waals surface area contributed by atoms with Crippen molar-refractivity contribution in [2.75, 3.05) is 0 Å². The zero-order valence-corrected chi connectivity index (χ0v) is 9.72. The summed E-state index contributed by atoms with van der Waals surface area (Å²) in [7, 11) is 0. The zero-order valence-electron chi connectivity index (χ0n) is 9.72. The number of hydrogen-bond donors (Lipinski definition) is 0. The quantitative estimate of drug-likeness (QED) is 0.499. The lowest BCUT2D eigenvalue weighted by Gasteiger charge is -2.01. The Morgan fingerprint density at radius 2 is 1.93 bits per heavy atom. The minimum atomic E-state index is 0.583. The van der Waals surface area contributed by atoms with Gasteiger partial charge in [-0.1, -0.05) is 37.6 Å². The van der Waals surface area contributed by atoms with Gasteiger partial charge in [-0.2, -0.15) is 0 Å². The van der Waals surface area contributed by atoms with E-state index in [-0.39, 0.29) is 0 Å². The Kier molecular flexibility index (Phi) is 2.55. The van der Waals surface area contributed by atoms with Crippen molar-refractivity contribution >= 4 is 0 Å². The van der Waals surface area contributed by atoms with Crippen LogP contribution >= 0.6 is 0 Å². The zero-order chi connectivity index (χ0) is 10.2. The molecular weight excluding hydrogens is 168 g/mol. The highest BCUT2D eigenvalue weighted by Gasteiger charge is 2.55. The molecule has 2 aliphatic rings. The van der Waals surface area contributed by atoms with Crippen LogP contribution in [0, 0.1) is 17.3 Å². The first-order valence-electron chi connectivity index (χ1n) is 5.94. The largest absolute Gasteiger partial charge is 0.0885 e. The second-order valence-corrected chi connectivity index (χ2v) is 5.55. The number of rotatable bonds is 0. The molecule has 0 amide bonds. The van der Waals surface area contributed by atoms with E-state index in [4.69, 9.17) is 0 Å². The Balaban J connectivity index is 2.10. The average molecular weight is 190 g/mol. The van der Waals surface area contributed by atoms with Crippen molar-refractivity contribution in [3.8, 4) is 0 Å². The first-order chi connectivity index (χ1) is 6.62. The van der Waals surface area contributed by atoms with E-state index < -0.39 is 0 Å². The molecule has 0 aromatic carbocycles. The summed E-state index contributed by atoms with van der Waals surface area (Å²) in [6, 6.07) is 0. The molecule has 78 valence electrons. The van der Waals surface area contributed by atoms with Gasteiger partial charge < -0.3 is 0 Å². The van der Waals surface area contributed by atoms with E-state index in [1.807, 2.05) is 0 Å². The van der Waals surface area contributed by atoms with Crippen LogP contribution in [0.2, 0.25) is 0 Å². The topological polar surface area (TPSA) is 0 Å². The monoisotopic (exact) mass is 190 g/mol. The molecular formula is C14H22. The first-order valence-corrected chi connectivity index (χ1v) is 5.94. The molecule has 2 rings (SSSR count). The van der Waals surface area contributed by atoms with E-state index >= 15 is 0 Å². The average Bonchev–Trinajstić information content (AvgIpc) is 2.63. The minimum Gasteiger partial charge on any atom is -0.0885 e. The van der Waals surface area contributed by atoms with Gasteiger partial charge in [0.25, 0.3) is 0 Å². The maximum Gasteiger partial charge on any atom is -0.0143 e. The van der Waals surface area contributed by atoms with Crippen molar-refractivity contribution in [1.29, 1.82) is 0 Å². The van der Waals surface area contributed by atoms with Gasteiger partial charge in [-0.05, 0) is 49.9 Å². The van der Waals surface area contributed by atoms with Gasteiger partial charge in [0.2, 0.25) is 0 Å². The Morgan fingerprint density at radius 1 is 1.21 bits per heavy atom. The van der Waals surface area contributed by atoms with Crippen LogP contribution in [-0.4, -0.2) is 0 Å². The van der Waals surface area contributed by atoms with Gasteiger partial charge in [0, 0.05) is 0 Å². The third-order valence-corrected chi connectivity index (χ3v) is 4.12. The maximum atomic E-state index is 2.55. The molecule has 0 heterocycles. The van der Waals surface area contributed by atoms with Crippen LogP contribution in [-0.2, 0) is 0 Å². The van der Waals surface area contributed by atoms with Crippen LogP contribution < -0.4 is 0 Å². The van der Waals surface area contributed by atoms with Crippen molar-refractivity contribution in [2.45, 2.75) is 46.5 Å². The van der Waals surface area contributed by atoms with Gasteiger partial charge in [0.1, 0.15) is 0 Å². The molecule has 0 aliphatic heterocycles. The summed E-state index contributed by atoms with van der Waals surface area (Å²) in [5.41, 5.74) is 2.18. The van der Waals surface area contributed by atoms with E-state index in [2.05, 4.69) is 39.0 Å². The molecule has 0 aromatic rings. The number of allylic oxidation sites excluding steroid dienone is 4. The van der Waals surface area contributed by atoms with E-state index in [1.54, 1.807) is 5.57 Å². The fraction of sp³-hybridized carbons (Fsp3) is 0.714. The van der Waals surface area contributed by atoms with E-state index in [9.17, 15) is 0 Å². The summed E-state index contributed by atoms with van der Waals surface area (Å²) in [5, 5.41) is 0. The molecule has 0 nitrogen and oxygen atoms in total. The molecule has 1 saturated carbocycles. The Hall–Kier alpha value is -0.520. The van der Waals surface area contributed by atoms with Crippen LogP contribution in [0.1, 0.15) is 46.5 Å². The summed E-state index contributed by atoms with van der Waals surface area (Å²) < 4.78 is 0. The lowest BCUT2D eigenvalue weighted by molar-refractivity contribution is 0.532. The van der Waals surface area contributed by atoms with Gasteiger partial charge in [0.05, 0.1) is 0 Å². The standard InChI is InChI=1S/C14H22/c1-11-8-6-4-5-7-9-12-13(10-11)14(12,2)3/h4-5,10,12-13H,6-9H2,1-3H3/b5-4+,11-10-/t12-,13-/m1/s1. The van der Waals surface area contributed by atoms with Gasteiger partial charge in [-0.3, -0.25) is 0 Å². The molecule has 0 heteroatoms. The third kappa shape index (κ3) is 1.80. The highest BCUT2D eigenvalue weighted by Crippen LogP contribution is 2.61. The molecule has 2 aliphatic carbocycles. The lowest BCUT2D eigenvalue weighted by Crippen LogP contribution is -1.89. The summed E-state index contributed by atoms with van der Waals surface area (Å²) >= 11 is 0. The smallest absolute Gasteiger partial charge is 0.0143 e. The van der Waals surface area contributed by atoms with E-state index in [1.165, 1.54) is 25.7 Å². The fourth-order valence-corrected chi connectivity index (χ4v) is 2.88. The molecule has 0 saturated heterocycles. The van der Waals surface area contributed by atoms with Gasteiger partial charge in [-0.15, -0.1) is 0 Å². The third-order valence-electron chi connectivity index (χ3n) is 4.12. The van der Waals surface area contributed by atoms with Crippen molar-refractivity contribution in [1.82, 2.24) is 0 Å². The summed E-state index contributed by atoms with van der Waals surface area (Å²) in [6.45, 7) is 7.14. The normalized spacial score (nSPS) is 41.8. The molecule has 0 N–H and O–H groups in total. The maximum absolute atomic E-state index is 2.55. The highest BCUT2D eigenvalue weighted by molar-refractivity contribution is 5.18. The van der Waals surface area contributed by atoms with E-state index in [0.29, 0.717) is 5.41 Å².